The SMILES string of the molecule is O=C(O)C1C2(CCCC2)C12CC2. The van der Waals surface area contributed by atoms with E-state index in [1.54, 1.807) is 0 Å². The number of carboxylic acids is 1. The van der Waals surface area contributed by atoms with Gasteiger partial charge in [0.25, 0.3) is 0 Å². The van der Waals surface area contributed by atoms with Gasteiger partial charge in [0, 0.05) is 0 Å². The predicted molar refractivity (Wildman–Crippen MR) is 43.7 cm³/mol. The maximum Gasteiger partial charge on any atom is 0.307 e. The average Bonchev–Trinajstić information content (AvgIpc) is 2.81. The van der Waals surface area contributed by atoms with E-state index in [0.29, 0.717) is 10.8 Å². The highest BCUT2D eigenvalue weighted by Gasteiger charge is 2.84. The van der Waals surface area contributed by atoms with Crippen LogP contribution in [0.25, 0.3) is 0 Å². The summed E-state index contributed by atoms with van der Waals surface area (Å²) in [5, 5.41) is 9.05. The van der Waals surface area contributed by atoms with Gasteiger partial charge in [-0.05, 0) is 36.5 Å². The number of hydrogen-bond donors (Lipinski definition) is 1. The molecule has 3 fully saturated rings. The van der Waals surface area contributed by atoms with E-state index in [9.17, 15) is 4.79 Å². The van der Waals surface area contributed by atoms with Gasteiger partial charge in [-0.15, -0.1) is 0 Å². The molecule has 2 nitrogen and oxygen atoms in total. The Labute approximate surface area is 72.0 Å². The van der Waals surface area contributed by atoms with E-state index in [2.05, 4.69) is 0 Å². The molecule has 12 heavy (non-hydrogen) atoms. The van der Waals surface area contributed by atoms with Crippen LogP contribution in [-0.2, 0) is 4.79 Å². The molecule has 3 rings (SSSR count). The largest absolute Gasteiger partial charge is 0.481 e. The van der Waals surface area contributed by atoms with Crippen LogP contribution in [0.5, 0.6) is 0 Å². The van der Waals surface area contributed by atoms with Gasteiger partial charge in [0.15, 0.2) is 0 Å². The smallest absolute Gasteiger partial charge is 0.307 e. The molecular formula is C10H14O2. The van der Waals surface area contributed by atoms with Gasteiger partial charge < -0.3 is 5.11 Å². The van der Waals surface area contributed by atoms with Gasteiger partial charge in [-0.25, -0.2) is 0 Å². The van der Waals surface area contributed by atoms with Gasteiger partial charge >= 0.3 is 5.97 Å². The Bertz CT molecular complexity index is 247. The van der Waals surface area contributed by atoms with Crippen molar-refractivity contribution in [3.8, 4) is 0 Å². The number of carboxylic acid groups (broad SMARTS) is 1. The zero-order valence-electron chi connectivity index (χ0n) is 7.18. The van der Waals surface area contributed by atoms with Gasteiger partial charge in [-0.2, -0.15) is 0 Å². The molecular weight excluding hydrogens is 152 g/mol. The molecule has 0 radical (unpaired) electrons. The maximum atomic E-state index is 11.0. The third-order valence-corrected chi connectivity index (χ3v) is 4.54. The lowest BCUT2D eigenvalue weighted by atomic mass is 9.99. The van der Waals surface area contributed by atoms with Crippen LogP contribution in [0.3, 0.4) is 0 Å². The fraction of sp³-hybridized carbons (Fsp3) is 0.900. The van der Waals surface area contributed by atoms with Crippen LogP contribution in [0, 0.1) is 16.7 Å². The first-order valence-corrected chi connectivity index (χ1v) is 4.96. The van der Waals surface area contributed by atoms with Crippen LogP contribution in [0.15, 0.2) is 0 Å². The Hall–Kier alpha value is -0.530. The van der Waals surface area contributed by atoms with E-state index in [1.807, 2.05) is 0 Å². The molecule has 0 saturated heterocycles. The standard InChI is InChI=1S/C10H14O2/c11-8(12)7-9(3-1-2-4-9)10(7)5-6-10/h7H,1-6H2,(H,11,12). The van der Waals surface area contributed by atoms with Crippen molar-refractivity contribution in [3.05, 3.63) is 0 Å². The zero-order chi connectivity index (χ0) is 8.40. The van der Waals surface area contributed by atoms with E-state index in [-0.39, 0.29) is 5.92 Å². The van der Waals surface area contributed by atoms with Crippen molar-refractivity contribution in [2.24, 2.45) is 16.7 Å². The molecule has 0 aliphatic heterocycles. The van der Waals surface area contributed by atoms with Crippen molar-refractivity contribution in [2.45, 2.75) is 38.5 Å². The summed E-state index contributed by atoms with van der Waals surface area (Å²) in [7, 11) is 0. The van der Waals surface area contributed by atoms with Crippen LogP contribution in [0.1, 0.15) is 38.5 Å². The maximum absolute atomic E-state index is 11.0. The minimum absolute atomic E-state index is 0.0486. The van der Waals surface area contributed by atoms with E-state index in [4.69, 9.17) is 5.11 Å². The van der Waals surface area contributed by atoms with Crippen molar-refractivity contribution in [2.75, 3.05) is 0 Å². The fourth-order valence-corrected chi connectivity index (χ4v) is 3.93. The molecule has 3 saturated carbocycles. The lowest BCUT2D eigenvalue weighted by Gasteiger charge is -2.04. The number of carbonyl (C=O) groups is 1. The van der Waals surface area contributed by atoms with Crippen molar-refractivity contribution in [1.29, 1.82) is 0 Å². The molecule has 2 spiro atoms. The fourth-order valence-electron chi connectivity index (χ4n) is 3.93. The third-order valence-electron chi connectivity index (χ3n) is 4.54. The van der Waals surface area contributed by atoms with E-state index in [1.165, 1.54) is 38.5 Å². The Kier molecular flexibility index (Phi) is 0.984. The Morgan fingerprint density at radius 2 is 1.58 bits per heavy atom. The van der Waals surface area contributed by atoms with Gasteiger partial charge in [-0.3, -0.25) is 4.79 Å². The Morgan fingerprint density at radius 3 is 1.92 bits per heavy atom. The number of fused-ring (bicyclic) bond motifs is 1. The summed E-state index contributed by atoms with van der Waals surface area (Å²) in [4.78, 5) is 11.0. The summed E-state index contributed by atoms with van der Waals surface area (Å²) >= 11 is 0. The van der Waals surface area contributed by atoms with Crippen LogP contribution in [0.4, 0.5) is 0 Å². The van der Waals surface area contributed by atoms with E-state index in [0.717, 1.165) is 0 Å². The highest BCUT2D eigenvalue weighted by atomic mass is 16.4. The summed E-state index contributed by atoms with van der Waals surface area (Å²) in [5.41, 5.74) is 0.605. The molecule has 0 aromatic carbocycles. The summed E-state index contributed by atoms with van der Waals surface area (Å²) in [5.74, 6) is -0.470. The van der Waals surface area contributed by atoms with Crippen LogP contribution < -0.4 is 0 Å². The van der Waals surface area contributed by atoms with Crippen molar-refractivity contribution in [1.82, 2.24) is 0 Å². The third kappa shape index (κ3) is 0.511. The molecule has 1 unspecified atom stereocenters. The zero-order valence-corrected chi connectivity index (χ0v) is 7.18. The van der Waals surface area contributed by atoms with Gasteiger partial charge in [0.1, 0.15) is 0 Å². The molecule has 0 heterocycles. The quantitative estimate of drug-likeness (QED) is 0.647. The molecule has 66 valence electrons. The first kappa shape index (κ1) is 6.93. The Balaban J connectivity index is 1.93. The number of rotatable bonds is 1. The van der Waals surface area contributed by atoms with E-state index < -0.39 is 5.97 Å². The lowest BCUT2D eigenvalue weighted by molar-refractivity contribution is -0.139. The summed E-state index contributed by atoms with van der Waals surface area (Å²) in [6.07, 6.45) is 7.33. The normalized spacial score (nSPS) is 38.8. The molecule has 1 atom stereocenters. The predicted octanol–water partition coefficient (Wildman–Crippen LogP) is 2.04. The minimum atomic E-state index is -0.519. The number of aliphatic carboxylic acids is 1. The monoisotopic (exact) mass is 166 g/mol. The topological polar surface area (TPSA) is 37.3 Å². The second kappa shape index (κ2) is 1.70. The van der Waals surface area contributed by atoms with Crippen molar-refractivity contribution < 1.29 is 9.90 Å². The van der Waals surface area contributed by atoms with Gasteiger partial charge in [0.05, 0.1) is 5.92 Å². The van der Waals surface area contributed by atoms with Crippen LogP contribution in [-0.4, -0.2) is 11.1 Å². The summed E-state index contributed by atoms with van der Waals surface area (Å²) in [6, 6.07) is 0. The molecule has 0 amide bonds. The van der Waals surface area contributed by atoms with Crippen LogP contribution in [0.2, 0.25) is 0 Å². The van der Waals surface area contributed by atoms with Gasteiger partial charge in [0.2, 0.25) is 0 Å². The number of hydrogen-bond acceptors (Lipinski definition) is 1. The van der Waals surface area contributed by atoms with Crippen molar-refractivity contribution in [3.63, 3.8) is 0 Å². The molecule has 0 aromatic rings. The second-order valence-corrected chi connectivity index (χ2v) is 4.79. The highest BCUT2D eigenvalue weighted by molar-refractivity contribution is 5.78. The van der Waals surface area contributed by atoms with Gasteiger partial charge in [-0.1, -0.05) is 12.8 Å². The van der Waals surface area contributed by atoms with E-state index >= 15 is 0 Å². The molecule has 0 bridgehead atoms. The molecule has 2 heteroatoms. The molecule has 0 aromatic heterocycles. The first-order chi connectivity index (χ1) is 5.73. The van der Waals surface area contributed by atoms with Crippen molar-refractivity contribution >= 4 is 5.97 Å². The molecule has 3 aliphatic rings. The average molecular weight is 166 g/mol. The first-order valence-electron chi connectivity index (χ1n) is 4.96. The highest BCUT2D eigenvalue weighted by Crippen LogP contribution is 2.87. The summed E-state index contributed by atoms with van der Waals surface area (Å²) in [6.45, 7) is 0. The molecule has 1 N–H and O–H groups in total. The Morgan fingerprint density at radius 1 is 1.08 bits per heavy atom. The second-order valence-electron chi connectivity index (χ2n) is 4.79. The minimum Gasteiger partial charge on any atom is -0.481 e. The lowest BCUT2D eigenvalue weighted by Crippen LogP contribution is -2.06. The summed E-state index contributed by atoms with van der Waals surface area (Å²) < 4.78 is 0. The molecule has 3 aliphatic carbocycles. The van der Waals surface area contributed by atoms with Crippen LogP contribution >= 0.6 is 0 Å².